The third kappa shape index (κ3) is 30.4. The lowest BCUT2D eigenvalue weighted by Gasteiger charge is -2.19. The van der Waals surface area contributed by atoms with Crippen LogP contribution in [0.25, 0.3) is 0 Å². The van der Waals surface area contributed by atoms with Gasteiger partial charge in [0.2, 0.25) is 0 Å². The summed E-state index contributed by atoms with van der Waals surface area (Å²) in [4.78, 5) is 0. The molecule has 0 aliphatic heterocycles. The standard InChI is InChI=1S/C36H73NO2/c1-3-5-7-9-11-13-15-17-18-19-21-23-25-27-29-31-33-37-35(34-38)36(39)32-30-28-26-24-22-20-16-14-12-10-8-6-4-2/h30,32,35-39H,3-29,31,33-34H2,1-2H3/b32-30+/t35-,36+/m0/s1. The molecule has 0 radical (unpaired) electrons. The van der Waals surface area contributed by atoms with Crippen molar-refractivity contribution < 1.29 is 10.2 Å². The monoisotopic (exact) mass is 552 g/mol. The summed E-state index contributed by atoms with van der Waals surface area (Å²) in [6, 6.07) is -0.241. The number of aliphatic hydroxyl groups is 2. The second-order valence-electron chi connectivity index (χ2n) is 12.3. The number of rotatable bonds is 33. The second-order valence-corrected chi connectivity index (χ2v) is 12.3. The number of nitrogens with one attached hydrogen (secondary N) is 1. The summed E-state index contributed by atoms with van der Waals surface area (Å²) in [7, 11) is 0. The molecule has 0 spiro atoms. The first-order valence-corrected chi connectivity index (χ1v) is 17.9. The van der Waals surface area contributed by atoms with Crippen molar-refractivity contribution in [3.8, 4) is 0 Å². The summed E-state index contributed by atoms with van der Waals surface area (Å²) in [6.45, 7) is 5.44. The van der Waals surface area contributed by atoms with Gasteiger partial charge in [-0.1, -0.05) is 187 Å². The molecule has 0 fully saturated rings. The van der Waals surface area contributed by atoms with Gasteiger partial charge in [0.05, 0.1) is 18.8 Å². The Kier molecular flexibility index (Phi) is 33.5. The van der Waals surface area contributed by atoms with Crippen LogP contribution in [0, 0.1) is 0 Å². The molecule has 0 aromatic rings. The highest BCUT2D eigenvalue weighted by Gasteiger charge is 2.14. The van der Waals surface area contributed by atoms with Gasteiger partial charge in [-0.05, 0) is 25.8 Å². The molecule has 0 rings (SSSR count). The summed E-state index contributed by atoms with van der Waals surface area (Å²) in [5.41, 5.74) is 0. The van der Waals surface area contributed by atoms with Crippen LogP contribution in [0.1, 0.15) is 194 Å². The minimum atomic E-state index is -0.594. The highest BCUT2D eigenvalue weighted by Crippen LogP contribution is 2.14. The Morgan fingerprint density at radius 3 is 1.18 bits per heavy atom. The molecule has 0 saturated carbocycles. The van der Waals surface area contributed by atoms with E-state index >= 15 is 0 Å². The summed E-state index contributed by atoms with van der Waals surface area (Å²) >= 11 is 0. The van der Waals surface area contributed by atoms with Gasteiger partial charge in [0.25, 0.3) is 0 Å². The van der Waals surface area contributed by atoms with E-state index in [1.807, 2.05) is 6.08 Å². The fourth-order valence-electron chi connectivity index (χ4n) is 5.55. The zero-order valence-corrected chi connectivity index (χ0v) is 26.9. The predicted molar refractivity (Wildman–Crippen MR) is 175 cm³/mol. The third-order valence-electron chi connectivity index (χ3n) is 8.35. The minimum Gasteiger partial charge on any atom is -0.395 e. The average Bonchev–Trinajstić information content (AvgIpc) is 2.95. The van der Waals surface area contributed by atoms with Gasteiger partial charge in [-0.2, -0.15) is 0 Å². The first-order chi connectivity index (χ1) is 19.3. The van der Waals surface area contributed by atoms with Crippen molar-refractivity contribution in [3.63, 3.8) is 0 Å². The van der Waals surface area contributed by atoms with E-state index in [-0.39, 0.29) is 12.6 Å². The molecule has 0 aliphatic carbocycles. The molecule has 0 saturated heterocycles. The van der Waals surface area contributed by atoms with E-state index in [4.69, 9.17) is 0 Å². The number of unbranched alkanes of at least 4 members (excludes halogenated alkanes) is 26. The molecule has 0 amide bonds. The van der Waals surface area contributed by atoms with Gasteiger partial charge in [0.15, 0.2) is 0 Å². The van der Waals surface area contributed by atoms with E-state index in [1.54, 1.807) is 0 Å². The number of aliphatic hydroxyl groups excluding tert-OH is 2. The Morgan fingerprint density at radius 2 is 0.821 bits per heavy atom. The summed E-state index contributed by atoms with van der Waals surface area (Å²) < 4.78 is 0. The van der Waals surface area contributed by atoms with Crippen LogP contribution in [0.15, 0.2) is 12.2 Å². The molecular weight excluding hydrogens is 478 g/mol. The van der Waals surface area contributed by atoms with E-state index in [0.717, 1.165) is 19.4 Å². The van der Waals surface area contributed by atoms with E-state index in [1.165, 1.54) is 167 Å². The second kappa shape index (κ2) is 33.8. The van der Waals surface area contributed by atoms with Gasteiger partial charge in [-0.25, -0.2) is 0 Å². The first kappa shape index (κ1) is 38.6. The molecule has 3 N–H and O–H groups in total. The minimum absolute atomic E-state index is 0.0111. The zero-order valence-electron chi connectivity index (χ0n) is 26.9. The Morgan fingerprint density at radius 1 is 0.487 bits per heavy atom. The lowest BCUT2D eigenvalue weighted by Crippen LogP contribution is -2.42. The van der Waals surface area contributed by atoms with Crippen LogP contribution in [0.2, 0.25) is 0 Å². The molecule has 0 aromatic heterocycles. The fraction of sp³-hybridized carbons (Fsp3) is 0.944. The summed E-state index contributed by atoms with van der Waals surface area (Å²) in [5, 5.41) is 23.5. The third-order valence-corrected chi connectivity index (χ3v) is 8.35. The molecule has 234 valence electrons. The van der Waals surface area contributed by atoms with E-state index in [9.17, 15) is 10.2 Å². The van der Waals surface area contributed by atoms with Gasteiger partial charge < -0.3 is 15.5 Å². The Labute approximate surface area is 246 Å². The molecule has 0 heterocycles. The Hall–Kier alpha value is -0.380. The maximum absolute atomic E-state index is 10.4. The lowest BCUT2D eigenvalue weighted by atomic mass is 10.0. The summed E-state index contributed by atoms with van der Waals surface area (Å²) in [6.07, 6.45) is 41.5. The maximum atomic E-state index is 10.4. The number of hydrogen-bond donors (Lipinski definition) is 3. The van der Waals surface area contributed by atoms with Crippen LogP contribution in [0.5, 0.6) is 0 Å². The molecule has 39 heavy (non-hydrogen) atoms. The van der Waals surface area contributed by atoms with E-state index in [0.29, 0.717) is 0 Å². The van der Waals surface area contributed by atoms with Crippen LogP contribution in [-0.2, 0) is 0 Å². The molecule has 2 atom stereocenters. The van der Waals surface area contributed by atoms with Crippen molar-refractivity contribution in [2.75, 3.05) is 13.2 Å². The predicted octanol–water partition coefficient (Wildman–Crippen LogP) is 10.8. The Balaban J connectivity index is 3.45. The van der Waals surface area contributed by atoms with Crippen LogP contribution in [-0.4, -0.2) is 35.5 Å². The van der Waals surface area contributed by atoms with Gasteiger partial charge in [0.1, 0.15) is 0 Å². The van der Waals surface area contributed by atoms with E-state index < -0.39 is 6.10 Å². The van der Waals surface area contributed by atoms with Gasteiger partial charge in [0, 0.05) is 0 Å². The van der Waals surface area contributed by atoms with Gasteiger partial charge in [-0.15, -0.1) is 0 Å². The zero-order chi connectivity index (χ0) is 28.5. The van der Waals surface area contributed by atoms with Crippen LogP contribution in [0.3, 0.4) is 0 Å². The molecular formula is C36H73NO2. The van der Waals surface area contributed by atoms with Crippen molar-refractivity contribution in [3.05, 3.63) is 12.2 Å². The first-order valence-electron chi connectivity index (χ1n) is 17.9. The normalized spacial score (nSPS) is 13.4. The molecule has 0 aliphatic rings. The van der Waals surface area contributed by atoms with Crippen LogP contribution < -0.4 is 5.32 Å². The van der Waals surface area contributed by atoms with Crippen molar-refractivity contribution >= 4 is 0 Å². The quantitative estimate of drug-likeness (QED) is 0.0561. The van der Waals surface area contributed by atoms with Gasteiger partial charge >= 0.3 is 0 Å². The number of allylic oxidation sites excluding steroid dienone is 1. The molecule has 3 nitrogen and oxygen atoms in total. The van der Waals surface area contributed by atoms with Crippen molar-refractivity contribution in [2.45, 2.75) is 206 Å². The van der Waals surface area contributed by atoms with E-state index in [2.05, 4.69) is 25.2 Å². The highest BCUT2D eigenvalue weighted by molar-refractivity contribution is 4.94. The molecule has 0 bridgehead atoms. The smallest absolute Gasteiger partial charge is 0.0896 e. The SMILES string of the molecule is CCCCCCCCCCCCC/C=C/[C@@H](O)[C@H](CO)NCCCCCCCCCCCCCCCCCC. The Bertz CT molecular complexity index is 467. The lowest BCUT2D eigenvalue weighted by molar-refractivity contribution is 0.123. The van der Waals surface area contributed by atoms with Crippen molar-refractivity contribution in [1.82, 2.24) is 5.32 Å². The highest BCUT2D eigenvalue weighted by atomic mass is 16.3. The molecule has 0 aromatic carbocycles. The maximum Gasteiger partial charge on any atom is 0.0896 e. The van der Waals surface area contributed by atoms with Gasteiger partial charge in [-0.3, -0.25) is 0 Å². The van der Waals surface area contributed by atoms with Crippen molar-refractivity contribution in [2.24, 2.45) is 0 Å². The fourth-order valence-corrected chi connectivity index (χ4v) is 5.55. The van der Waals surface area contributed by atoms with Crippen LogP contribution in [0.4, 0.5) is 0 Å². The summed E-state index contributed by atoms with van der Waals surface area (Å²) in [5.74, 6) is 0. The van der Waals surface area contributed by atoms with Crippen LogP contribution >= 0.6 is 0 Å². The number of hydrogen-bond acceptors (Lipinski definition) is 3. The van der Waals surface area contributed by atoms with Crippen molar-refractivity contribution in [1.29, 1.82) is 0 Å². The topological polar surface area (TPSA) is 52.5 Å². The largest absolute Gasteiger partial charge is 0.395 e. The molecule has 0 unspecified atom stereocenters. The average molecular weight is 552 g/mol. The molecule has 3 heteroatoms.